The summed E-state index contributed by atoms with van der Waals surface area (Å²) in [6.45, 7) is 1.29. The smallest absolute Gasteiger partial charge is 0.239 e. The fourth-order valence-corrected chi connectivity index (χ4v) is 2.49. The molecule has 2 heterocycles. The van der Waals surface area contributed by atoms with Crippen LogP contribution < -0.4 is 16.0 Å². The Kier molecular flexibility index (Phi) is 4.00. The van der Waals surface area contributed by atoms with Crippen LogP contribution in [-0.2, 0) is 4.79 Å². The van der Waals surface area contributed by atoms with Crippen molar-refractivity contribution in [2.45, 2.75) is 0 Å². The number of nitrogens with zero attached hydrogens (tertiary/aromatic N) is 4. The Morgan fingerprint density at radius 3 is 2.82 bits per heavy atom. The number of carbonyl (C=O) groups is 1. The summed E-state index contributed by atoms with van der Waals surface area (Å²) in [5, 5.41) is 3.70. The van der Waals surface area contributed by atoms with E-state index < -0.39 is 0 Å². The minimum absolute atomic E-state index is 0.0574. The molecule has 114 valence electrons. The maximum atomic E-state index is 11.5. The molecule has 3 N–H and O–H groups in total. The molecule has 1 fully saturated rings. The zero-order valence-corrected chi connectivity index (χ0v) is 12.9. The number of anilines is 2. The number of piperazine rings is 1. The third kappa shape index (κ3) is 3.05. The van der Waals surface area contributed by atoms with E-state index in [9.17, 15) is 4.79 Å². The number of benzene rings is 1. The Labute approximate surface area is 136 Å². The SMILES string of the molecule is Nc1nc(-c2cc(Cl)ccc2Cl)nc(N2CCNC(=O)C2)n1. The van der Waals surface area contributed by atoms with Gasteiger partial charge in [0.05, 0.1) is 11.6 Å². The van der Waals surface area contributed by atoms with E-state index in [2.05, 4.69) is 20.3 Å². The minimum atomic E-state index is -0.0902. The first-order valence-electron chi connectivity index (χ1n) is 6.51. The van der Waals surface area contributed by atoms with E-state index in [0.717, 1.165) is 0 Å². The van der Waals surface area contributed by atoms with Crippen LogP contribution in [-0.4, -0.2) is 40.5 Å². The highest BCUT2D eigenvalue weighted by molar-refractivity contribution is 6.35. The van der Waals surface area contributed by atoms with Gasteiger partial charge < -0.3 is 16.0 Å². The van der Waals surface area contributed by atoms with E-state index in [0.29, 0.717) is 40.5 Å². The van der Waals surface area contributed by atoms with Gasteiger partial charge in [0.25, 0.3) is 0 Å². The first-order valence-corrected chi connectivity index (χ1v) is 7.27. The number of nitrogens with one attached hydrogen (secondary N) is 1. The van der Waals surface area contributed by atoms with Gasteiger partial charge in [0.15, 0.2) is 5.82 Å². The molecule has 3 rings (SSSR count). The Bertz CT molecular complexity index is 738. The van der Waals surface area contributed by atoms with Crippen molar-refractivity contribution in [1.29, 1.82) is 0 Å². The van der Waals surface area contributed by atoms with Gasteiger partial charge in [-0.15, -0.1) is 0 Å². The third-order valence-corrected chi connectivity index (χ3v) is 3.70. The summed E-state index contributed by atoms with van der Waals surface area (Å²) in [7, 11) is 0. The van der Waals surface area contributed by atoms with Crippen LogP contribution in [0.5, 0.6) is 0 Å². The molecular formula is C13H12Cl2N6O. The zero-order valence-electron chi connectivity index (χ0n) is 11.4. The predicted molar refractivity (Wildman–Crippen MR) is 84.9 cm³/mol. The summed E-state index contributed by atoms with van der Waals surface area (Å²) in [5.74, 6) is 0.629. The van der Waals surface area contributed by atoms with E-state index in [4.69, 9.17) is 28.9 Å². The van der Waals surface area contributed by atoms with E-state index in [1.54, 1.807) is 23.1 Å². The standard InChI is InChI=1S/C13H12Cl2N6O/c14-7-1-2-9(15)8(5-7)11-18-12(16)20-13(19-11)21-4-3-17-10(22)6-21/h1-2,5H,3-4,6H2,(H,17,22)(H2,16,18,19,20). The van der Waals surface area contributed by atoms with Crippen molar-refractivity contribution >= 4 is 41.0 Å². The third-order valence-electron chi connectivity index (χ3n) is 3.13. The molecule has 1 aliphatic rings. The summed E-state index contributed by atoms with van der Waals surface area (Å²) < 4.78 is 0. The van der Waals surface area contributed by atoms with Crippen molar-refractivity contribution in [3.8, 4) is 11.4 Å². The number of carbonyl (C=O) groups excluding carboxylic acids is 1. The van der Waals surface area contributed by atoms with Gasteiger partial charge in [-0.05, 0) is 18.2 Å². The second kappa shape index (κ2) is 5.94. The van der Waals surface area contributed by atoms with Crippen LogP contribution in [0.3, 0.4) is 0 Å². The normalized spacial score (nSPS) is 14.8. The van der Waals surface area contributed by atoms with E-state index >= 15 is 0 Å². The second-order valence-electron chi connectivity index (χ2n) is 4.71. The fourth-order valence-electron chi connectivity index (χ4n) is 2.12. The monoisotopic (exact) mass is 338 g/mol. The molecule has 1 aromatic heterocycles. The Morgan fingerprint density at radius 1 is 1.23 bits per heavy atom. The number of halogens is 2. The molecule has 0 spiro atoms. The molecule has 1 aromatic carbocycles. The van der Waals surface area contributed by atoms with E-state index in [1.807, 2.05) is 0 Å². The Morgan fingerprint density at radius 2 is 2.05 bits per heavy atom. The minimum Gasteiger partial charge on any atom is -0.368 e. The quantitative estimate of drug-likeness (QED) is 0.858. The highest BCUT2D eigenvalue weighted by atomic mass is 35.5. The molecular weight excluding hydrogens is 327 g/mol. The van der Waals surface area contributed by atoms with Gasteiger partial charge in [-0.3, -0.25) is 4.79 Å². The van der Waals surface area contributed by atoms with Gasteiger partial charge in [0.2, 0.25) is 17.8 Å². The van der Waals surface area contributed by atoms with Gasteiger partial charge in [0.1, 0.15) is 0 Å². The summed E-state index contributed by atoms with van der Waals surface area (Å²) >= 11 is 12.2. The van der Waals surface area contributed by atoms with Gasteiger partial charge in [0, 0.05) is 23.7 Å². The molecule has 1 aliphatic heterocycles. The van der Waals surface area contributed by atoms with Gasteiger partial charge >= 0.3 is 0 Å². The Hall–Kier alpha value is -2.12. The first kappa shape index (κ1) is 14.8. The zero-order chi connectivity index (χ0) is 15.7. The van der Waals surface area contributed by atoms with E-state index in [1.165, 1.54) is 0 Å². The number of hydrogen-bond donors (Lipinski definition) is 2. The highest BCUT2D eigenvalue weighted by Crippen LogP contribution is 2.29. The predicted octanol–water partition coefficient (Wildman–Crippen LogP) is 1.36. The molecule has 0 radical (unpaired) electrons. The second-order valence-corrected chi connectivity index (χ2v) is 5.56. The maximum absolute atomic E-state index is 11.5. The van der Waals surface area contributed by atoms with Crippen molar-refractivity contribution in [3.63, 3.8) is 0 Å². The largest absolute Gasteiger partial charge is 0.368 e. The Balaban J connectivity index is 2.03. The molecule has 7 nitrogen and oxygen atoms in total. The van der Waals surface area contributed by atoms with Crippen LogP contribution in [0, 0.1) is 0 Å². The molecule has 22 heavy (non-hydrogen) atoms. The van der Waals surface area contributed by atoms with Gasteiger partial charge in [-0.25, -0.2) is 0 Å². The number of rotatable bonds is 2. The number of amides is 1. The lowest BCUT2D eigenvalue weighted by atomic mass is 10.2. The summed E-state index contributed by atoms with van der Waals surface area (Å²) in [6, 6.07) is 4.99. The molecule has 2 aromatic rings. The van der Waals surface area contributed by atoms with Gasteiger partial charge in [-0.2, -0.15) is 15.0 Å². The maximum Gasteiger partial charge on any atom is 0.239 e. The van der Waals surface area contributed by atoms with Crippen molar-refractivity contribution in [1.82, 2.24) is 20.3 Å². The van der Waals surface area contributed by atoms with Crippen molar-refractivity contribution in [3.05, 3.63) is 28.2 Å². The average molecular weight is 339 g/mol. The summed E-state index contributed by atoms with van der Waals surface area (Å²) in [5.41, 5.74) is 6.32. The van der Waals surface area contributed by atoms with Gasteiger partial charge in [-0.1, -0.05) is 23.2 Å². The number of aromatic nitrogens is 3. The molecule has 1 amide bonds. The lowest BCUT2D eigenvalue weighted by Gasteiger charge is -2.26. The van der Waals surface area contributed by atoms with Crippen LogP contribution in [0.4, 0.5) is 11.9 Å². The lowest BCUT2D eigenvalue weighted by molar-refractivity contribution is -0.120. The van der Waals surface area contributed by atoms with Crippen LogP contribution in [0.15, 0.2) is 18.2 Å². The van der Waals surface area contributed by atoms with Crippen molar-refractivity contribution < 1.29 is 4.79 Å². The van der Waals surface area contributed by atoms with Crippen LogP contribution in [0.2, 0.25) is 10.0 Å². The van der Waals surface area contributed by atoms with Crippen molar-refractivity contribution in [2.75, 3.05) is 30.3 Å². The molecule has 1 saturated heterocycles. The first-order chi connectivity index (χ1) is 10.5. The molecule has 0 saturated carbocycles. The molecule has 0 bridgehead atoms. The lowest BCUT2D eigenvalue weighted by Crippen LogP contribution is -2.48. The topological polar surface area (TPSA) is 97.0 Å². The van der Waals surface area contributed by atoms with Crippen LogP contribution in [0.1, 0.15) is 0 Å². The average Bonchev–Trinajstić information content (AvgIpc) is 2.49. The molecule has 0 atom stereocenters. The fraction of sp³-hybridized carbons (Fsp3) is 0.231. The highest BCUT2D eigenvalue weighted by Gasteiger charge is 2.20. The number of hydrogen-bond acceptors (Lipinski definition) is 6. The molecule has 0 aliphatic carbocycles. The summed E-state index contributed by atoms with van der Waals surface area (Å²) in [6.07, 6.45) is 0. The van der Waals surface area contributed by atoms with Crippen LogP contribution in [0.25, 0.3) is 11.4 Å². The van der Waals surface area contributed by atoms with Crippen LogP contribution >= 0.6 is 23.2 Å². The number of nitrogens with two attached hydrogens (primary N) is 1. The molecule has 9 heteroatoms. The van der Waals surface area contributed by atoms with E-state index in [-0.39, 0.29) is 18.4 Å². The molecule has 0 unspecified atom stereocenters. The summed E-state index contributed by atoms with van der Waals surface area (Å²) in [4.78, 5) is 25.8. The number of nitrogen functional groups attached to an aromatic ring is 1. The van der Waals surface area contributed by atoms with Crippen molar-refractivity contribution in [2.24, 2.45) is 0 Å².